The van der Waals surface area contributed by atoms with Crippen molar-refractivity contribution in [1.82, 2.24) is 4.57 Å². The molecule has 2 aliphatic rings. The van der Waals surface area contributed by atoms with E-state index in [-0.39, 0.29) is 4.90 Å². The third-order valence-corrected chi connectivity index (χ3v) is 6.89. The lowest BCUT2D eigenvalue weighted by Crippen LogP contribution is -2.11. The molecule has 2 aromatic rings. The zero-order valence-corrected chi connectivity index (χ0v) is 15.6. The predicted molar refractivity (Wildman–Crippen MR) is 100 cm³/mol. The molecule has 1 aromatic heterocycles. The van der Waals surface area contributed by atoms with Gasteiger partial charge < -0.3 is 4.57 Å². The first-order valence-electron chi connectivity index (χ1n) is 9.32. The van der Waals surface area contributed by atoms with Crippen LogP contribution in [0.1, 0.15) is 61.4 Å². The van der Waals surface area contributed by atoms with Crippen molar-refractivity contribution in [3.63, 3.8) is 0 Å². The topological polar surface area (TPSA) is 65.1 Å². The fourth-order valence-electron chi connectivity index (χ4n) is 4.81. The SMILES string of the molecule is Cc1c(C2CCCCC2)c(-c2ccc(S(N)(=O)=O)cc2)c2n1CCC2. The first-order valence-corrected chi connectivity index (χ1v) is 10.9. The summed E-state index contributed by atoms with van der Waals surface area (Å²) in [5.41, 5.74) is 6.86. The second kappa shape index (κ2) is 6.29. The third kappa shape index (κ3) is 2.93. The molecule has 0 atom stereocenters. The van der Waals surface area contributed by atoms with Crippen LogP contribution in [0.4, 0.5) is 0 Å². The largest absolute Gasteiger partial charge is 0.348 e. The maximum absolute atomic E-state index is 11.6. The molecule has 4 nitrogen and oxygen atoms in total. The van der Waals surface area contributed by atoms with Crippen molar-refractivity contribution in [3.05, 3.63) is 41.2 Å². The number of primary sulfonamides is 1. The lowest BCUT2D eigenvalue weighted by Gasteiger charge is -2.24. The molecular formula is C20H26N2O2S. The van der Waals surface area contributed by atoms with Crippen molar-refractivity contribution >= 4 is 10.0 Å². The van der Waals surface area contributed by atoms with E-state index in [0.717, 1.165) is 18.5 Å². The Bertz CT molecular complexity index is 889. The van der Waals surface area contributed by atoms with Crippen LogP contribution in [0.2, 0.25) is 0 Å². The molecule has 2 N–H and O–H groups in total. The highest BCUT2D eigenvalue weighted by Gasteiger charge is 2.29. The van der Waals surface area contributed by atoms with Crippen LogP contribution in [0.3, 0.4) is 0 Å². The summed E-state index contributed by atoms with van der Waals surface area (Å²) in [5, 5.41) is 5.25. The Labute approximate surface area is 150 Å². The minimum Gasteiger partial charge on any atom is -0.348 e. The number of benzene rings is 1. The standard InChI is InChI=1S/C20H26N2O2S/c1-14-19(15-6-3-2-4-7-15)20(18-8-5-13-22(14)18)16-9-11-17(12-10-16)25(21,23)24/h9-12,15H,2-8,13H2,1H3,(H2,21,23,24). The van der Waals surface area contributed by atoms with Gasteiger partial charge in [0.2, 0.25) is 10.0 Å². The lowest BCUT2D eigenvalue weighted by molar-refractivity contribution is 0.442. The fourth-order valence-corrected chi connectivity index (χ4v) is 5.33. The summed E-state index contributed by atoms with van der Waals surface area (Å²) in [6.07, 6.45) is 8.83. The number of sulfonamides is 1. The molecule has 1 aromatic carbocycles. The van der Waals surface area contributed by atoms with Gasteiger partial charge in [-0.1, -0.05) is 31.4 Å². The zero-order valence-electron chi connectivity index (χ0n) is 14.8. The molecule has 1 aliphatic carbocycles. The summed E-state index contributed by atoms with van der Waals surface area (Å²) in [5.74, 6) is 0.639. The van der Waals surface area contributed by atoms with Crippen molar-refractivity contribution in [2.75, 3.05) is 0 Å². The van der Waals surface area contributed by atoms with Gasteiger partial charge in [-0.05, 0) is 61.8 Å². The molecule has 5 heteroatoms. The predicted octanol–water partition coefficient (Wildman–Crippen LogP) is 4.10. The van der Waals surface area contributed by atoms with Crippen LogP contribution in [0.15, 0.2) is 29.2 Å². The number of nitrogens with zero attached hydrogens (tertiary/aromatic N) is 1. The van der Waals surface area contributed by atoms with Crippen LogP contribution in [0.5, 0.6) is 0 Å². The van der Waals surface area contributed by atoms with Crippen LogP contribution in [0, 0.1) is 6.92 Å². The average molecular weight is 359 g/mol. The molecule has 0 radical (unpaired) electrons. The summed E-state index contributed by atoms with van der Waals surface area (Å²) >= 11 is 0. The van der Waals surface area contributed by atoms with Crippen molar-refractivity contribution < 1.29 is 8.42 Å². The zero-order chi connectivity index (χ0) is 17.6. The van der Waals surface area contributed by atoms with Gasteiger partial charge in [-0.25, -0.2) is 13.6 Å². The van der Waals surface area contributed by atoms with E-state index in [1.165, 1.54) is 61.0 Å². The van der Waals surface area contributed by atoms with Gasteiger partial charge in [-0.3, -0.25) is 0 Å². The Morgan fingerprint density at radius 2 is 1.72 bits per heavy atom. The Balaban J connectivity index is 1.84. The summed E-state index contributed by atoms with van der Waals surface area (Å²) in [4.78, 5) is 0.183. The molecule has 2 heterocycles. The number of hydrogen-bond acceptors (Lipinski definition) is 2. The Morgan fingerprint density at radius 1 is 1.04 bits per heavy atom. The molecule has 1 aliphatic heterocycles. The van der Waals surface area contributed by atoms with Gasteiger partial charge in [0.05, 0.1) is 4.90 Å². The van der Waals surface area contributed by atoms with E-state index in [4.69, 9.17) is 5.14 Å². The molecule has 0 saturated heterocycles. The van der Waals surface area contributed by atoms with Crippen molar-refractivity contribution in [2.24, 2.45) is 5.14 Å². The van der Waals surface area contributed by atoms with E-state index < -0.39 is 10.0 Å². The number of aromatic nitrogens is 1. The van der Waals surface area contributed by atoms with Gasteiger partial charge in [0.25, 0.3) is 0 Å². The Hall–Kier alpha value is -1.59. The van der Waals surface area contributed by atoms with Crippen molar-refractivity contribution in [1.29, 1.82) is 0 Å². The second-order valence-electron chi connectivity index (χ2n) is 7.48. The average Bonchev–Trinajstić information content (AvgIpc) is 3.17. The first-order chi connectivity index (χ1) is 12.0. The quantitative estimate of drug-likeness (QED) is 0.897. The van der Waals surface area contributed by atoms with Gasteiger partial charge >= 0.3 is 0 Å². The molecule has 1 fully saturated rings. The fraction of sp³-hybridized carbons (Fsp3) is 0.500. The molecule has 0 spiro atoms. The number of nitrogens with two attached hydrogens (primary N) is 1. The molecule has 1 saturated carbocycles. The normalized spacial score (nSPS) is 18.5. The third-order valence-electron chi connectivity index (χ3n) is 5.96. The highest BCUT2D eigenvalue weighted by Crippen LogP contribution is 2.45. The Kier molecular flexibility index (Phi) is 4.24. The minimum atomic E-state index is -3.64. The number of hydrogen-bond donors (Lipinski definition) is 1. The highest BCUT2D eigenvalue weighted by atomic mass is 32.2. The van der Waals surface area contributed by atoms with E-state index in [2.05, 4.69) is 11.5 Å². The summed E-state index contributed by atoms with van der Waals surface area (Å²) in [7, 11) is -3.64. The molecule has 0 unspecified atom stereocenters. The van der Waals surface area contributed by atoms with Gasteiger partial charge in [-0.15, -0.1) is 0 Å². The second-order valence-corrected chi connectivity index (χ2v) is 9.04. The van der Waals surface area contributed by atoms with Gasteiger partial charge in [0.1, 0.15) is 0 Å². The smallest absolute Gasteiger partial charge is 0.238 e. The molecule has 134 valence electrons. The minimum absolute atomic E-state index is 0.183. The molecule has 25 heavy (non-hydrogen) atoms. The van der Waals surface area contributed by atoms with Gasteiger partial charge in [0.15, 0.2) is 0 Å². The van der Waals surface area contributed by atoms with Gasteiger partial charge in [-0.2, -0.15) is 0 Å². The molecule has 0 bridgehead atoms. The van der Waals surface area contributed by atoms with Gasteiger partial charge in [0, 0.05) is 23.5 Å². The van der Waals surface area contributed by atoms with E-state index >= 15 is 0 Å². The van der Waals surface area contributed by atoms with Crippen LogP contribution in [0.25, 0.3) is 11.1 Å². The molecular weight excluding hydrogens is 332 g/mol. The number of rotatable bonds is 3. The summed E-state index contributed by atoms with van der Waals surface area (Å²) < 4.78 is 25.6. The molecule has 0 amide bonds. The maximum Gasteiger partial charge on any atom is 0.238 e. The van der Waals surface area contributed by atoms with Crippen molar-refractivity contribution in [3.8, 4) is 11.1 Å². The van der Waals surface area contributed by atoms with Crippen LogP contribution < -0.4 is 5.14 Å². The van der Waals surface area contributed by atoms with E-state index in [1.807, 2.05) is 12.1 Å². The van der Waals surface area contributed by atoms with Crippen LogP contribution in [-0.4, -0.2) is 13.0 Å². The van der Waals surface area contributed by atoms with E-state index in [1.54, 1.807) is 12.1 Å². The summed E-state index contributed by atoms with van der Waals surface area (Å²) in [6, 6.07) is 7.15. The van der Waals surface area contributed by atoms with Crippen molar-refractivity contribution in [2.45, 2.75) is 69.2 Å². The maximum atomic E-state index is 11.6. The highest BCUT2D eigenvalue weighted by molar-refractivity contribution is 7.89. The summed E-state index contributed by atoms with van der Waals surface area (Å²) in [6.45, 7) is 3.37. The first kappa shape index (κ1) is 16.9. The van der Waals surface area contributed by atoms with Crippen LogP contribution in [-0.2, 0) is 23.0 Å². The Morgan fingerprint density at radius 3 is 2.36 bits per heavy atom. The van der Waals surface area contributed by atoms with E-state index in [0.29, 0.717) is 5.92 Å². The van der Waals surface area contributed by atoms with E-state index in [9.17, 15) is 8.42 Å². The monoisotopic (exact) mass is 358 g/mol. The van der Waals surface area contributed by atoms with Crippen LogP contribution >= 0.6 is 0 Å². The lowest BCUT2D eigenvalue weighted by atomic mass is 9.80. The number of fused-ring (bicyclic) bond motifs is 1. The molecule has 4 rings (SSSR count).